The van der Waals surface area contributed by atoms with E-state index in [9.17, 15) is 23.1 Å². The summed E-state index contributed by atoms with van der Waals surface area (Å²) in [5, 5.41) is 10.8. The van der Waals surface area contributed by atoms with Gasteiger partial charge in [0.1, 0.15) is 11.9 Å². The minimum absolute atomic E-state index is 0.0801. The molecule has 2 aromatic rings. The molecule has 0 unspecified atom stereocenters. The van der Waals surface area contributed by atoms with Crippen molar-refractivity contribution in [3.8, 4) is 5.75 Å². The highest BCUT2D eigenvalue weighted by Gasteiger charge is 2.32. The third kappa shape index (κ3) is 5.07. The third-order valence-corrected chi connectivity index (χ3v) is 6.20. The van der Waals surface area contributed by atoms with Crippen molar-refractivity contribution in [2.75, 3.05) is 26.3 Å². The summed E-state index contributed by atoms with van der Waals surface area (Å²) in [4.78, 5) is 14.6. The lowest BCUT2D eigenvalue weighted by Gasteiger charge is -2.33. The Kier molecular flexibility index (Phi) is 6.44. The number of rotatable bonds is 4. The zero-order valence-corrected chi connectivity index (χ0v) is 17.6. The highest BCUT2D eigenvalue weighted by Crippen LogP contribution is 2.33. The van der Waals surface area contributed by atoms with Crippen LogP contribution in [0.4, 0.5) is 13.2 Å². The topological polar surface area (TPSA) is 59.0 Å². The molecule has 0 saturated carbocycles. The summed E-state index contributed by atoms with van der Waals surface area (Å²) in [5.41, 5.74) is -0.263. The van der Waals surface area contributed by atoms with Gasteiger partial charge in [-0.3, -0.25) is 4.79 Å². The van der Waals surface area contributed by atoms with Crippen LogP contribution in [0.5, 0.6) is 5.75 Å². The van der Waals surface area contributed by atoms with Gasteiger partial charge in [-0.2, -0.15) is 13.2 Å². The number of nitrogens with zero attached hydrogens (tertiary/aromatic N) is 1. The smallest absolute Gasteiger partial charge is 0.416 e. The van der Waals surface area contributed by atoms with E-state index < -0.39 is 17.3 Å². The Morgan fingerprint density at radius 2 is 1.59 bits per heavy atom. The molecule has 0 atom stereocenters. The summed E-state index contributed by atoms with van der Waals surface area (Å²) in [6.07, 6.45) is -2.25. The zero-order chi connectivity index (χ0) is 22.8. The number of amides is 1. The van der Waals surface area contributed by atoms with Gasteiger partial charge >= 0.3 is 6.18 Å². The molecule has 2 saturated heterocycles. The third-order valence-electron chi connectivity index (χ3n) is 6.20. The van der Waals surface area contributed by atoms with E-state index >= 15 is 0 Å². The van der Waals surface area contributed by atoms with Gasteiger partial charge in [0, 0.05) is 57.6 Å². The Balaban J connectivity index is 1.30. The number of ether oxygens (including phenoxy) is 2. The Hall–Kier alpha value is -2.58. The SMILES string of the molecule is O=C(c1ccc(C2(O)CCOCC2)cc1)N1CCC(Oc2ccc(C(F)(F)F)cc2)CC1. The van der Waals surface area contributed by atoms with Gasteiger partial charge in [0.05, 0.1) is 11.2 Å². The molecule has 8 heteroatoms. The fraction of sp³-hybridized carbons (Fsp3) is 0.458. The summed E-state index contributed by atoms with van der Waals surface area (Å²) in [5.74, 6) is 0.313. The van der Waals surface area contributed by atoms with Crippen LogP contribution >= 0.6 is 0 Å². The average molecular weight is 449 g/mol. The number of halogens is 3. The molecular weight excluding hydrogens is 423 g/mol. The molecule has 32 heavy (non-hydrogen) atoms. The van der Waals surface area contributed by atoms with Crippen LogP contribution in [0.1, 0.15) is 47.2 Å². The molecule has 172 valence electrons. The number of likely N-dealkylation sites (tertiary alicyclic amines) is 1. The number of benzene rings is 2. The minimum Gasteiger partial charge on any atom is -0.490 e. The van der Waals surface area contributed by atoms with E-state index in [-0.39, 0.29) is 12.0 Å². The lowest BCUT2D eigenvalue weighted by atomic mass is 9.86. The van der Waals surface area contributed by atoms with Crippen molar-refractivity contribution in [2.24, 2.45) is 0 Å². The number of aliphatic hydroxyl groups is 1. The van der Waals surface area contributed by atoms with Crippen molar-refractivity contribution in [2.45, 2.75) is 43.6 Å². The van der Waals surface area contributed by atoms with Crippen LogP contribution < -0.4 is 4.74 Å². The fourth-order valence-corrected chi connectivity index (χ4v) is 4.20. The van der Waals surface area contributed by atoms with Crippen LogP contribution in [0.25, 0.3) is 0 Å². The molecule has 1 N–H and O–H groups in total. The summed E-state index contributed by atoms with van der Waals surface area (Å²) >= 11 is 0. The van der Waals surface area contributed by atoms with E-state index in [1.807, 2.05) is 0 Å². The van der Waals surface area contributed by atoms with E-state index in [4.69, 9.17) is 9.47 Å². The lowest BCUT2D eigenvalue weighted by molar-refractivity contribution is -0.137. The number of carbonyl (C=O) groups excluding carboxylic acids is 1. The Morgan fingerprint density at radius 1 is 1.00 bits per heavy atom. The van der Waals surface area contributed by atoms with Crippen LogP contribution in [0.2, 0.25) is 0 Å². The van der Waals surface area contributed by atoms with Crippen molar-refractivity contribution >= 4 is 5.91 Å². The van der Waals surface area contributed by atoms with Gasteiger partial charge in [-0.1, -0.05) is 12.1 Å². The van der Waals surface area contributed by atoms with Crippen LogP contribution in [0.3, 0.4) is 0 Å². The van der Waals surface area contributed by atoms with E-state index in [1.165, 1.54) is 12.1 Å². The maximum absolute atomic E-state index is 12.9. The monoisotopic (exact) mass is 449 g/mol. The summed E-state index contributed by atoms with van der Waals surface area (Å²) in [6.45, 7) is 2.04. The standard InChI is InChI=1S/C24H26F3NO4/c25-24(26,27)19-5-7-20(8-6-19)32-21-9-13-28(14-10-21)22(29)17-1-3-18(4-2-17)23(30)11-15-31-16-12-23/h1-8,21,30H,9-16H2. The van der Waals surface area contributed by atoms with Crippen LogP contribution in [-0.4, -0.2) is 48.3 Å². The van der Waals surface area contributed by atoms with E-state index in [0.29, 0.717) is 63.3 Å². The van der Waals surface area contributed by atoms with Crippen LogP contribution in [0.15, 0.2) is 48.5 Å². The van der Waals surface area contributed by atoms with Crippen molar-refractivity contribution in [1.82, 2.24) is 4.90 Å². The first-order chi connectivity index (χ1) is 15.2. The first-order valence-corrected chi connectivity index (χ1v) is 10.8. The number of hydrogen-bond donors (Lipinski definition) is 1. The minimum atomic E-state index is -4.37. The van der Waals surface area contributed by atoms with E-state index in [2.05, 4.69) is 0 Å². The fourth-order valence-electron chi connectivity index (χ4n) is 4.20. The van der Waals surface area contributed by atoms with Crippen molar-refractivity contribution in [1.29, 1.82) is 0 Å². The number of carbonyl (C=O) groups is 1. The lowest BCUT2D eigenvalue weighted by Crippen LogP contribution is -2.41. The second-order valence-corrected chi connectivity index (χ2v) is 8.35. The molecule has 2 aromatic carbocycles. The quantitative estimate of drug-likeness (QED) is 0.753. The highest BCUT2D eigenvalue weighted by molar-refractivity contribution is 5.94. The van der Waals surface area contributed by atoms with Gasteiger partial charge in [0.2, 0.25) is 0 Å². The number of alkyl halides is 3. The van der Waals surface area contributed by atoms with Crippen molar-refractivity contribution < 1.29 is 32.5 Å². The summed E-state index contributed by atoms with van der Waals surface area (Å²) < 4.78 is 49.2. The zero-order valence-electron chi connectivity index (χ0n) is 17.6. The Labute approximate surface area is 184 Å². The molecule has 0 aromatic heterocycles. The van der Waals surface area contributed by atoms with Gasteiger partial charge in [-0.25, -0.2) is 0 Å². The maximum Gasteiger partial charge on any atom is 0.416 e. The molecular formula is C24H26F3NO4. The first-order valence-electron chi connectivity index (χ1n) is 10.8. The summed E-state index contributed by atoms with van der Waals surface area (Å²) in [6, 6.07) is 11.8. The molecule has 2 aliphatic rings. The van der Waals surface area contributed by atoms with Gasteiger partial charge in [-0.05, 0) is 42.0 Å². The van der Waals surface area contributed by atoms with Gasteiger partial charge in [-0.15, -0.1) is 0 Å². The van der Waals surface area contributed by atoms with E-state index in [0.717, 1.165) is 17.7 Å². The predicted octanol–water partition coefficient (Wildman–Crippen LogP) is 4.39. The van der Waals surface area contributed by atoms with Crippen molar-refractivity contribution in [3.63, 3.8) is 0 Å². The Morgan fingerprint density at radius 3 is 2.16 bits per heavy atom. The highest BCUT2D eigenvalue weighted by atomic mass is 19.4. The normalized spacial score (nSPS) is 19.6. The van der Waals surface area contributed by atoms with Crippen LogP contribution in [-0.2, 0) is 16.5 Å². The maximum atomic E-state index is 12.9. The van der Waals surface area contributed by atoms with Crippen molar-refractivity contribution in [3.05, 3.63) is 65.2 Å². The molecule has 4 rings (SSSR count). The predicted molar refractivity (Wildman–Crippen MR) is 111 cm³/mol. The molecule has 2 fully saturated rings. The Bertz CT molecular complexity index is 914. The summed E-state index contributed by atoms with van der Waals surface area (Å²) in [7, 11) is 0. The molecule has 0 spiro atoms. The second-order valence-electron chi connectivity index (χ2n) is 8.35. The van der Waals surface area contributed by atoms with Gasteiger partial charge in [0.15, 0.2) is 0 Å². The molecule has 5 nitrogen and oxygen atoms in total. The number of piperidine rings is 1. The molecule has 2 heterocycles. The average Bonchev–Trinajstić information content (AvgIpc) is 2.79. The van der Waals surface area contributed by atoms with Gasteiger partial charge in [0.25, 0.3) is 5.91 Å². The number of hydrogen-bond acceptors (Lipinski definition) is 4. The molecule has 0 aliphatic carbocycles. The first kappa shape index (κ1) is 22.6. The largest absolute Gasteiger partial charge is 0.490 e. The van der Waals surface area contributed by atoms with E-state index in [1.54, 1.807) is 29.2 Å². The molecule has 0 radical (unpaired) electrons. The molecule has 2 aliphatic heterocycles. The molecule has 0 bridgehead atoms. The second kappa shape index (κ2) is 9.11. The van der Waals surface area contributed by atoms with Gasteiger partial charge < -0.3 is 19.5 Å². The molecule has 1 amide bonds. The van der Waals surface area contributed by atoms with Crippen LogP contribution in [0, 0.1) is 0 Å².